The third-order valence-corrected chi connectivity index (χ3v) is 6.56. The van der Waals surface area contributed by atoms with Crippen LogP contribution in [0.15, 0.2) is 81.8 Å². The molecule has 0 aliphatic carbocycles. The minimum Gasteiger partial charge on any atom is -0.459 e. The lowest BCUT2D eigenvalue weighted by Crippen LogP contribution is -2.48. The van der Waals surface area contributed by atoms with Crippen molar-refractivity contribution >= 4 is 46.4 Å². The third kappa shape index (κ3) is 5.06. The number of anilines is 2. The molecule has 1 aliphatic heterocycles. The van der Waals surface area contributed by atoms with Crippen molar-refractivity contribution < 1.29 is 18.4 Å². The van der Waals surface area contributed by atoms with Crippen molar-refractivity contribution in [2.24, 2.45) is 0 Å². The average Bonchev–Trinajstić information content (AvgIpc) is 3.59. The van der Waals surface area contributed by atoms with Crippen LogP contribution in [0.3, 0.4) is 0 Å². The molecule has 0 radical (unpaired) electrons. The van der Waals surface area contributed by atoms with Gasteiger partial charge in [0.1, 0.15) is 5.76 Å². The molecule has 1 N–H and O–H groups in total. The van der Waals surface area contributed by atoms with Gasteiger partial charge in [-0.1, -0.05) is 23.2 Å². The highest BCUT2D eigenvalue weighted by Gasteiger charge is 2.24. The van der Waals surface area contributed by atoms with Crippen LogP contribution in [0.1, 0.15) is 21.1 Å². The molecule has 0 unspecified atom stereocenters. The van der Waals surface area contributed by atoms with E-state index in [9.17, 15) is 9.59 Å². The summed E-state index contributed by atoms with van der Waals surface area (Å²) >= 11 is 12.0. The van der Waals surface area contributed by atoms with Gasteiger partial charge in [-0.2, -0.15) is 0 Å². The first-order chi connectivity index (χ1) is 17.0. The molecule has 2 amide bonds. The van der Waals surface area contributed by atoms with E-state index in [0.29, 0.717) is 53.4 Å². The van der Waals surface area contributed by atoms with E-state index < -0.39 is 0 Å². The van der Waals surface area contributed by atoms with Crippen molar-refractivity contribution in [2.45, 2.75) is 0 Å². The van der Waals surface area contributed by atoms with Gasteiger partial charge >= 0.3 is 0 Å². The van der Waals surface area contributed by atoms with Gasteiger partial charge in [0.15, 0.2) is 11.5 Å². The standard InChI is InChI=1S/C26H21Cl2N3O4/c27-20-8-3-17(16-21(20)28)22-9-10-23(35-22)25(32)29-18-4-6-19(7-5-18)30-11-13-31(14-12-30)26(33)24-2-1-15-34-24/h1-10,15-16H,11-14H2,(H,29,32). The first-order valence-corrected chi connectivity index (χ1v) is 11.8. The van der Waals surface area contributed by atoms with Crippen molar-refractivity contribution in [3.8, 4) is 11.3 Å². The van der Waals surface area contributed by atoms with Crippen LogP contribution in [-0.2, 0) is 0 Å². The van der Waals surface area contributed by atoms with E-state index in [1.54, 1.807) is 47.4 Å². The summed E-state index contributed by atoms with van der Waals surface area (Å²) in [5.41, 5.74) is 2.40. The lowest BCUT2D eigenvalue weighted by atomic mass is 10.2. The number of nitrogens with one attached hydrogen (secondary N) is 1. The number of benzene rings is 2. The van der Waals surface area contributed by atoms with Crippen molar-refractivity contribution in [1.29, 1.82) is 0 Å². The van der Waals surface area contributed by atoms with Crippen molar-refractivity contribution in [3.63, 3.8) is 0 Å². The highest BCUT2D eigenvalue weighted by Crippen LogP contribution is 2.30. The molecule has 3 heterocycles. The van der Waals surface area contributed by atoms with E-state index in [0.717, 1.165) is 11.3 Å². The maximum Gasteiger partial charge on any atom is 0.291 e. The SMILES string of the molecule is O=C(Nc1ccc(N2CCN(C(=O)c3ccco3)CC2)cc1)c1ccc(-c2ccc(Cl)c(Cl)c2)o1. The summed E-state index contributed by atoms with van der Waals surface area (Å²) in [5, 5.41) is 3.72. The van der Waals surface area contributed by atoms with Crippen molar-refractivity contribution in [1.82, 2.24) is 4.90 Å². The molecule has 0 atom stereocenters. The molecule has 2 aromatic carbocycles. The van der Waals surface area contributed by atoms with Gasteiger partial charge in [0.2, 0.25) is 0 Å². The van der Waals surface area contributed by atoms with Crippen molar-refractivity contribution in [2.75, 3.05) is 36.4 Å². The zero-order valence-corrected chi connectivity index (χ0v) is 20.1. The Morgan fingerprint density at radius 2 is 1.60 bits per heavy atom. The largest absolute Gasteiger partial charge is 0.459 e. The summed E-state index contributed by atoms with van der Waals surface area (Å²) in [6, 6.07) is 19.5. The highest BCUT2D eigenvalue weighted by molar-refractivity contribution is 6.42. The van der Waals surface area contributed by atoms with Crippen LogP contribution in [0.2, 0.25) is 10.0 Å². The minimum atomic E-state index is -0.353. The maximum atomic E-state index is 12.7. The van der Waals surface area contributed by atoms with E-state index >= 15 is 0 Å². The molecule has 0 spiro atoms. The second-order valence-corrected chi connectivity index (χ2v) is 8.86. The Hall–Kier alpha value is -3.68. The number of halogens is 2. The number of hydrogen-bond acceptors (Lipinski definition) is 5. The Labute approximate surface area is 211 Å². The molecule has 0 bridgehead atoms. The topological polar surface area (TPSA) is 78.9 Å². The Morgan fingerprint density at radius 1 is 0.829 bits per heavy atom. The van der Waals surface area contributed by atoms with Gasteiger partial charge in [-0.3, -0.25) is 9.59 Å². The quantitative estimate of drug-likeness (QED) is 0.353. The van der Waals surface area contributed by atoms with Gasteiger partial charge in [0.05, 0.1) is 16.3 Å². The Balaban J connectivity index is 1.18. The van der Waals surface area contributed by atoms with Crippen LogP contribution in [0.4, 0.5) is 11.4 Å². The Bertz CT molecular complexity index is 1340. The number of amides is 2. The second-order valence-electron chi connectivity index (χ2n) is 8.05. The van der Waals surface area contributed by atoms with E-state index in [1.807, 2.05) is 24.3 Å². The first-order valence-electron chi connectivity index (χ1n) is 11.0. The molecule has 178 valence electrons. The van der Waals surface area contributed by atoms with Crippen LogP contribution in [0.5, 0.6) is 0 Å². The molecule has 35 heavy (non-hydrogen) atoms. The minimum absolute atomic E-state index is 0.0899. The van der Waals surface area contributed by atoms with Crippen LogP contribution < -0.4 is 10.2 Å². The van der Waals surface area contributed by atoms with Gasteiger partial charge < -0.3 is 24.0 Å². The lowest BCUT2D eigenvalue weighted by Gasteiger charge is -2.35. The fraction of sp³-hybridized carbons (Fsp3) is 0.154. The smallest absolute Gasteiger partial charge is 0.291 e. The predicted octanol–water partition coefficient (Wildman–Crippen LogP) is 6.06. The monoisotopic (exact) mass is 509 g/mol. The molecule has 2 aromatic heterocycles. The lowest BCUT2D eigenvalue weighted by molar-refractivity contribution is 0.0714. The summed E-state index contributed by atoms with van der Waals surface area (Å²) in [6.07, 6.45) is 1.50. The fourth-order valence-corrected chi connectivity index (χ4v) is 4.23. The van der Waals surface area contributed by atoms with Crippen LogP contribution >= 0.6 is 23.2 Å². The van der Waals surface area contributed by atoms with E-state index in [-0.39, 0.29) is 17.6 Å². The Kier molecular flexibility index (Phi) is 6.53. The van der Waals surface area contributed by atoms with Gasteiger partial charge in [0, 0.05) is 43.1 Å². The molecule has 9 heteroatoms. The van der Waals surface area contributed by atoms with Crippen LogP contribution in [-0.4, -0.2) is 42.9 Å². The van der Waals surface area contributed by atoms with Crippen molar-refractivity contribution in [3.05, 3.63) is 94.6 Å². The van der Waals surface area contributed by atoms with E-state index in [1.165, 1.54) is 6.26 Å². The Morgan fingerprint density at radius 3 is 2.29 bits per heavy atom. The molecule has 1 aliphatic rings. The second kappa shape index (κ2) is 9.90. The molecular weight excluding hydrogens is 489 g/mol. The van der Waals surface area contributed by atoms with Crippen LogP contribution in [0, 0.1) is 0 Å². The van der Waals surface area contributed by atoms with E-state index in [4.69, 9.17) is 32.0 Å². The zero-order chi connectivity index (χ0) is 24.4. The van der Waals surface area contributed by atoms with Gasteiger partial charge in [-0.15, -0.1) is 0 Å². The highest BCUT2D eigenvalue weighted by atomic mass is 35.5. The number of nitrogens with zero attached hydrogens (tertiary/aromatic N) is 2. The summed E-state index contributed by atoms with van der Waals surface area (Å²) < 4.78 is 10.9. The third-order valence-electron chi connectivity index (χ3n) is 5.82. The van der Waals surface area contributed by atoms with Gasteiger partial charge in [-0.05, 0) is 66.7 Å². The molecule has 1 saturated heterocycles. The molecule has 0 saturated carbocycles. The predicted molar refractivity (Wildman–Crippen MR) is 135 cm³/mol. The summed E-state index contributed by atoms with van der Waals surface area (Å²) in [6.45, 7) is 2.64. The van der Waals surface area contributed by atoms with Gasteiger partial charge in [-0.25, -0.2) is 0 Å². The molecule has 4 aromatic rings. The van der Waals surface area contributed by atoms with Gasteiger partial charge in [0.25, 0.3) is 11.8 Å². The molecule has 7 nitrogen and oxygen atoms in total. The average molecular weight is 510 g/mol. The molecular formula is C26H21Cl2N3O4. The zero-order valence-electron chi connectivity index (χ0n) is 18.5. The number of hydrogen-bond donors (Lipinski definition) is 1. The normalized spacial score (nSPS) is 13.7. The number of furan rings is 2. The first kappa shape index (κ1) is 23.1. The van der Waals surface area contributed by atoms with Crippen LogP contribution in [0.25, 0.3) is 11.3 Å². The summed E-state index contributed by atoms with van der Waals surface area (Å²) in [7, 11) is 0. The number of piperazine rings is 1. The fourth-order valence-electron chi connectivity index (χ4n) is 3.94. The summed E-state index contributed by atoms with van der Waals surface area (Å²) in [5.74, 6) is 0.627. The molecule has 5 rings (SSSR count). The number of carbonyl (C=O) groups is 2. The summed E-state index contributed by atoms with van der Waals surface area (Å²) in [4.78, 5) is 29.1. The number of rotatable bonds is 5. The number of carbonyl (C=O) groups excluding carboxylic acids is 2. The van der Waals surface area contributed by atoms with E-state index in [2.05, 4.69) is 10.2 Å². The molecule has 1 fully saturated rings. The maximum absolute atomic E-state index is 12.7.